The molecule has 1 aromatic heterocycles. The van der Waals surface area contributed by atoms with E-state index in [-0.39, 0.29) is 0 Å². The number of halogens is 1. The first kappa shape index (κ1) is 17.7. The third-order valence-corrected chi connectivity index (χ3v) is 9.43. The maximum Gasteiger partial charge on any atom is 0.268 e. The Morgan fingerprint density at radius 2 is 1.54 bits per heavy atom. The van der Waals surface area contributed by atoms with Gasteiger partial charge >= 0.3 is 0 Å². The summed E-state index contributed by atoms with van der Waals surface area (Å²) in [5.41, 5.74) is 1.81. The van der Waals surface area contributed by atoms with Crippen LogP contribution >= 0.6 is 22.6 Å². The van der Waals surface area contributed by atoms with E-state index in [1.807, 2.05) is 43.3 Å². The average Bonchev–Trinajstić information content (AvgIpc) is 2.82. The summed E-state index contributed by atoms with van der Waals surface area (Å²) in [5.74, 6) is 0. The molecule has 0 aliphatic rings. The Labute approximate surface area is 157 Å². The summed E-state index contributed by atoms with van der Waals surface area (Å²) >= 11 is 2.30. The zero-order chi connectivity index (χ0) is 17.7. The maximum atomic E-state index is 13.4. The van der Waals surface area contributed by atoms with Crippen molar-refractivity contribution in [3.8, 4) is 0 Å². The third-order valence-electron chi connectivity index (χ3n) is 4.04. The van der Waals surface area contributed by atoms with Gasteiger partial charge in [0.15, 0.2) is 0 Å². The fourth-order valence-corrected chi connectivity index (χ4v) is 10.3. The van der Waals surface area contributed by atoms with E-state index >= 15 is 0 Å². The number of para-hydroxylation sites is 1. The molecule has 0 spiro atoms. The first-order chi connectivity index (χ1) is 11.1. The van der Waals surface area contributed by atoms with Gasteiger partial charge in [-0.3, -0.25) is 0 Å². The van der Waals surface area contributed by atoms with Crippen LogP contribution in [-0.2, 0) is 10.0 Å². The summed E-state index contributed by atoms with van der Waals surface area (Å²) in [4.78, 5) is 0.338. The van der Waals surface area contributed by atoms with Gasteiger partial charge in [0, 0.05) is 14.3 Å². The molecular formula is C18H20INO2SSi. The van der Waals surface area contributed by atoms with Crippen LogP contribution in [0.15, 0.2) is 53.4 Å². The van der Waals surface area contributed by atoms with E-state index in [9.17, 15) is 8.42 Å². The van der Waals surface area contributed by atoms with Crippen LogP contribution in [0.2, 0.25) is 19.6 Å². The van der Waals surface area contributed by atoms with E-state index in [4.69, 9.17) is 0 Å². The topological polar surface area (TPSA) is 39.1 Å². The monoisotopic (exact) mass is 469 g/mol. The number of nitrogens with zero attached hydrogens (tertiary/aromatic N) is 1. The van der Waals surface area contributed by atoms with Gasteiger partial charge < -0.3 is 0 Å². The van der Waals surface area contributed by atoms with Crippen LogP contribution in [0.1, 0.15) is 5.56 Å². The first-order valence-corrected chi connectivity index (χ1v) is 13.8. The minimum atomic E-state index is -3.63. The van der Waals surface area contributed by atoms with E-state index in [2.05, 4.69) is 42.2 Å². The molecule has 0 N–H and O–H groups in total. The average molecular weight is 469 g/mol. The molecule has 0 saturated heterocycles. The molecule has 0 saturated carbocycles. The van der Waals surface area contributed by atoms with Gasteiger partial charge in [-0.25, -0.2) is 12.4 Å². The number of aromatic nitrogens is 1. The van der Waals surface area contributed by atoms with Crippen molar-refractivity contribution in [1.29, 1.82) is 0 Å². The molecule has 0 bridgehead atoms. The van der Waals surface area contributed by atoms with Crippen LogP contribution in [0.3, 0.4) is 0 Å². The lowest BCUT2D eigenvalue weighted by atomic mass is 10.2. The van der Waals surface area contributed by atoms with Crippen LogP contribution in [-0.4, -0.2) is 20.5 Å². The summed E-state index contributed by atoms with van der Waals surface area (Å²) in [7, 11) is -5.51. The Balaban J connectivity index is 2.43. The highest BCUT2D eigenvalue weighted by molar-refractivity contribution is 14.1. The van der Waals surface area contributed by atoms with Gasteiger partial charge in [-0.15, -0.1) is 0 Å². The first-order valence-electron chi connectivity index (χ1n) is 7.75. The van der Waals surface area contributed by atoms with Crippen molar-refractivity contribution in [2.24, 2.45) is 0 Å². The highest BCUT2D eigenvalue weighted by Crippen LogP contribution is 2.28. The van der Waals surface area contributed by atoms with Gasteiger partial charge in [0.2, 0.25) is 0 Å². The molecule has 3 aromatic rings. The highest BCUT2D eigenvalue weighted by Gasteiger charge is 2.33. The summed E-state index contributed by atoms with van der Waals surface area (Å²) in [6.45, 7) is 8.51. The molecule has 0 atom stereocenters. The van der Waals surface area contributed by atoms with Crippen LogP contribution in [0.4, 0.5) is 0 Å². The molecule has 0 aliphatic carbocycles. The Bertz CT molecular complexity index is 1020. The quantitative estimate of drug-likeness (QED) is 0.423. The fourth-order valence-electron chi connectivity index (χ4n) is 2.87. The molecule has 0 amide bonds. The van der Waals surface area contributed by atoms with E-state index < -0.39 is 18.1 Å². The van der Waals surface area contributed by atoms with Crippen molar-refractivity contribution in [3.63, 3.8) is 0 Å². The second-order valence-electron chi connectivity index (χ2n) is 7.01. The van der Waals surface area contributed by atoms with Crippen LogP contribution < -0.4 is 5.32 Å². The van der Waals surface area contributed by atoms with Crippen molar-refractivity contribution >= 4 is 56.9 Å². The van der Waals surface area contributed by atoms with E-state index in [1.165, 1.54) is 0 Å². The zero-order valence-corrected chi connectivity index (χ0v) is 18.1. The highest BCUT2D eigenvalue weighted by atomic mass is 127. The fraction of sp³-hybridized carbons (Fsp3) is 0.222. The van der Waals surface area contributed by atoms with E-state index in [1.54, 1.807) is 16.1 Å². The lowest BCUT2D eigenvalue weighted by molar-refractivity contribution is 0.590. The molecule has 3 rings (SSSR count). The predicted octanol–water partition coefficient (Wildman–Crippen LogP) is 4.34. The molecule has 0 unspecified atom stereocenters. The normalized spacial score (nSPS) is 12.7. The smallest absolute Gasteiger partial charge is 0.241 e. The SMILES string of the molecule is Cc1ccc(S(=O)(=O)n2c([Si](C)(C)C)c(I)c3ccccc32)cc1. The second kappa shape index (κ2) is 6.00. The molecule has 0 fully saturated rings. The van der Waals surface area contributed by atoms with Gasteiger partial charge in [0.05, 0.1) is 10.4 Å². The van der Waals surface area contributed by atoms with Crippen molar-refractivity contribution in [1.82, 2.24) is 3.97 Å². The number of hydrogen-bond donors (Lipinski definition) is 0. The summed E-state index contributed by atoms with van der Waals surface area (Å²) < 4.78 is 29.5. The van der Waals surface area contributed by atoms with Crippen LogP contribution in [0.5, 0.6) is 0 Å². The van der Waals surface area contributed by atoms with Crippen LogP contribution in [0.25, 0.3) is 10.9 Å². The van der Waals surface area contributed by atoms with E-state index in [0.29, 0.717) is 4.90 Å². The van der Waals surface area contributed by atoms with Gasteiger partial charge in [0.25, 0.3) is 10.0 Å². The Morgan fingerprint density at radius 1 is 0.958 bits per heavy atom. The van der Waals surface area contributed by atoms with Crippen molar-refractivity contribution in [3.05, 3.63) is 57.7 Å². The number of rotatable bonds is 3. The predicted molar refractivity (Wildman–Crippen MR) is 111 cm³/mol. The summed E-state index contributed by atoms with van der Waals surface area (Å²) in [6.07, 6.45) is 0. The number of fused-ring (bicyclic) bond motifs is 1. The molecule has 0 aliphatic heterocycles. The minimum absolute atomic E-state index is 0.338. The summed E-state index contributed by atoms with van der Waals surface area (Å²) in [5, 5.41) is 1.97. The number of benzene rings is 2. The standard InChI is InChI=1S/C18H20INO2SSi/c1-13-9-11-14(12-10-13)23(21,22)20-16-8-6-5-7-15(16)17(19)18(20)24(2,3)4/h5-12H,1-4H3. The minimum Gasteiger partial charge on any atom is -0.241 e. The Morgan fingerprint density at radius 3 is 2.12 bits per heavy atom. The lowest BCUT2D eigenvalue weighted by Crippen LogP contribution is -2.46. The summed E-state index contributed by atoms with van der Waals surface area (Å²) in [6, 6.07) is 14.8. The molecule has 126 valence electrons. The molecule has 3 nitrogen and oxygen atoms in total. The molecule has 2 aromatic carbocycles. The van der Waals surface area contributed by atoms with Crippen LogP contribution in [0, 0.1) is 10.5 Å². The molecule has 1 heterocycles. The van der Waals surface area contributed by atoms with Gasteiger partial charge in [0.1, 0.15) is 8.07 Å². The number of hydrogen-bond acceptors (Lipinski definition) is 2. The van der Waals surface area contributed by atoms with Gasteiger partial charge in [-0.05, 0) is 47.7 Å². The molecular weight excluding hydrogens is 449 g/mol. The van der Waals surface area contributed by atoms with Gasteiger partial charge in [-0.2, -0.15) is 0 Å². The van der Waals surface area contributed by atoms with Gasteiger partial charge in [-0.1, -0.05) is 55.5 Å². The van der Waals surface area contributed by atoms with Crippen molar-refractivity contribution in [2.75, 3.05) is 0 Å². The van der Waals surface area contributed by atoms with E-state index in [0.717, 1.165) is 25.4 Å². The van der Waals surface area contributed by atoms with Crippen molar-refractivity contribution in [2.45, 2.75) is 31.5 Å². The Hall–Kier alpha value is -1.12. The third kappa shape index (κ3) is 2.84. The lowest BCUT2D eigenvalue weighted by Gasteiger charge is -2.21. The maximum absolute atomic E-state index is 13.4. The Kier molecular flexibility index (Phi) is 4.42. The second-order valence-corrected chi connectivity index (χ2v) is 14.9. The van der Waals surface area contributed by atoms with Crippen molar-refractivity contribution < 1.29 is 8.42 Å². The zero-order valence-electron chi connectivity index (χ0n) is 14.2. The molecule has 0 radical (unpaired) electrons. The largest absolute Gasteiger partial charge is 0.268 e. The molecule has 24 heavy (non-hydrogen) atoms. The number of aryl methyl sites for hydroxylation is 1. The molecule has 6 heteroatoms.